The summed E-state index contributed by atoms with van der Waals surface area (Å²) in [7, 11) is 0. The van der Waals surface area contributed by atoms with Crippen molar-refractivity contribution in [3.8, 4) is 0 Å². The van der Waals surface area contributed by atoms with Crippen molar-refractivity contribution >= 4 is 60.5 Å². The molecule has 3 heterocycles. The van der Waals surface area contributed by atoms with Crippen LogP contribution in [0.4, 0.5) is 27.6 Å². The molecule has 0 saturated heterocycles. The van der Waals surface area contributed by atoms with E-state index in [0.717, 1.165) is 26.4 Å². The predicted molar refractivity (Wildman–Crippen MR) is 111 cm³/mol. The first-order chi connectivity index (χ1) is 13.4. The van der Waals surface area contributed by atoms with Gasteiger partial charge in [-0.15, -0.1) is 11.3 Å². The van der Waals surface area contributed by atoms with E-state index in [9.17, 15) is 10.1 Å². The van der Waals surface area contributed by atoms with Crippen molar-refractivity contribution in [3.63, 3.8) is 0 Å². The summed E-state index contributed by atoms with van der Waals surface area (Å²) in [6.07, 6.45) is 1.27. The molecule has 1 aromatic carbocycles. The molecule has 0 fully saturated rings. The number of hydrogen-bond donors (Lipinski definition) is 2. The molecule has 0 amide bonds. The number of benzene rings is 1. The summed E-state index contributed by atoms with van der Waals surface area (Å²) in [5.41, 5.74) is 2.51. The molecule has 142 valence electrons. The van der Waals surface area contributed by atoms with Crippen molar-refractivity contribution in [3.05, 3.63) is 50.8 Å². The summed E-state index contributed by atoms with van der Waals surface area (Å²) >= 11 is 2.81. The average Bonchev–Trinajstić information content (AvgIpc) is 3.18. The van der Waals surface area contributed by atoms with Gasteiger partial charge in [0.05, 0.1) is 20.8 Å². The minimum atomic E-state index is -0.517. The zero-order chi connectivity index (χ0) is 19.8. The van der Waals surface area contributed by atoms with Crippen LogP contribution in [-0.2, 0) is 0 Å². The Hall–Kier alpha value is -3.18. The normalized spacial score (nSPS) is 11.0. The Morgan fingerprint density at radius 2 is 1.68 bits per heavy atom. The fourth-order valence-electron chi connectivity index (χ4n) is 2.60. The van der Waals surface area contributed by atoms with Crippen LogP contribution in [0.3, 0.4) is 0 Å². The molecule has 28 heavy (non-hydrogen) atoms. The molecular formula is C17H15N7O2S2. The Bertz CT molecular complexity index is 1180. The van der Waals surface area contributed by atoms with E-state index in [0.29, 0.717) is 10.3 Å². The second-order valence-corrected chi connectivity index (χ2v) is 8.26. The second-order valence-electron chi connectivity index (χ2n) is 6.03. The molecule has 0 radical (unpaired) electrons. The van der Waals surface area contributed by atoms with Crippen molar-refractivity contribution in [1.82, 2.24) is 19.9 Å². The molecule has 11 heteroatoms. The monoisotopic (exact) mass is 413 g/mol. The number of para-hydroxylation sites is 1. The van der Waals surface area contributed by atoms with Crippen LogP contribution in [0.15, 0.2) is 24.5 Å². The van der Waals surface area contributed by atoms with Gasteiger partial charge in [0.1, 0.15) is 6.33 Å². The van der Waals surface area contributed by atoms with E-state index < -0.39 is 4.92 Å². The number of nitrogens with one attached hydrogen (secondary N) is 2. The highest BCUT2D eigenvalue weighted by Gasteiger charge is 2.25. The minimum absolute atomic E-state index is 0.0733. The first kappa shape index (κ1) is 18.2. The van der Waals surface area contributed by atoms with Gasteiger partial charge in [-0.25, -0.2) is 19.9 Å². The number of nitro groups is 1. The van der Waals surface area contributed by atoms with Crippen LogP contribution in [0.1, 0.15) is 16.1 Å². The van der Waals surface area contributed by atoms with Crippen LogP contribution in [-0.4, -0.2) is 24.9 Å². The van der Waals surface area contributed by atoms with Crippen LogP contribution < -0.4 is 10.6 Å². The van der Waals surface area contributed by atoms with Crippen LogP contribution >= 0.6 is 22.7 Å². The fourth-order valence-corrected chi connectivity index (χ4v) is 4.36. The van der Waals surface area contributed by atoms with E-state index in [4.69, 9.17) is 0 Å². The van der Waals surface area contributed by atoms with Gasteiger partial charge < -0.3 is 10.6 Å². The number of fused-ring (bicyclic) bond motifs is 1. The smallest absolute Gasteiger partial charge is 0.310 e. The molecule has 9 nitrogen and oxygen atoms in total. The minimum Gasteiger partial charge on any atom is -0.310 e. The molecule has 4 aromatic rings. The number of rotatable bonds is 5. The van der Waals surface area contributed by atoms with E-state index in [1.165, 1.54) is 29.0 Å². The maximum atomic E-state index is 11.7. The lowest BCUT2D eigenvalue weighted by atomic mass is 10.2. The van der Waals surface area contributed by atoms with E-state index in [1.54, 1.807) is 0 Å². The predicted octanol–water partition coefficient (Wildman–Crippen LogP) is 4.86. The summed E-state index contributed by atoms with van der Waals surface area (Å²) < 4.78 is 0.992. The quantitative estimate of drug-likeness (QED) is 0.351. The average molecular weight is 413 g/mol. The van der Waals surface area contributed by atoms with Crippen molar-refractivity contribution in [2.75, 3.05) is 10.6 Å². The summed E-state index contributed by atoms with van der Waals surface area (Å²) in [5, 5.41) is 18.7. The maximum Gasteiger partial charge on any atom is 0.354 e. The Morgan fingerprint density at radius 1 is 1.00 bits per heavy atom. The molecule has 0 atom stereocenters. The Labute approximate surface area is 167 Å². The van der Waals surface area contributed by atoms with Gasteiger partial charge in [-0.1, -0.05) is 23.5 Å². The van der Waals surface area contributed by atoms with Gasteiger partial charge in [-0.2, -0.15) is 0 Å². The summed E-state index contributed by atoms with van der Waals surface area (Å²) in [6, 6.07) is 5.88. The van der Waals surface area contributed by atoms with Crippen molar-refractivity contribution in [1.29, 1.82) is 0 Å². The molecule has 4 rings (SSSR count). The Kier molecular flexibility index (Phi) is 4.61. The molecule has 3 aromatic heterocycles. The van der Waals surface area contributed by atoms with Crippen molar-refractivity contribution in [2.24, 2.45) is 0 Å². The van der Waals surface area contributed by atoms with E-state index in [1.807, 2.05) is 39.0 Å². The third-order valence-corrected chi connectivity index (χ3v) is 6.03. The standard InChI is InChI=1S/C17H15N7O2S2/c1-8-5-4-6-11-12(8)21-17(28-11)23-15-13(24(25)26)14(18-7-19-15)22-16-20-9(2)10(3)27-16/h4-7H,1-3H3,(H2,18,19,20,21,22,23). The Morgan fingerprint density at radius 3 is 2.25 bits per heavy atom. The van der Waals surface area contributed by atoms with Crippen LogP contribution in [0, 0.1) is 30.9 Å². The SMILES string of the molecule is Cc1nc(Nc2ncnc(Nc3nc4c(C)cccc4s3)c2[N+](=O)[O-])sc1C. The number of aryl methyl sites for hydroxylation is 3. The summed E-state index contributed by atoms with van der Waals surface area (Å²) in [5.74, 6) is 0.151. The van der Waals surface area contributed by atoms with Crippen LogP contribution in [0.5, 0.6) is 0 Å². The number of aromatic nitrogens is 4. The van der Waals surface area contributed by atoms with Crippen LogP contribution in [0.25, 0.3) is 10.2 Å². The molecule has 0 saturated carbocycles. The maximum absolute atomic E-state index is 11.7. The van der Waals surface area contributed by atoms with Gasteiger partial charge in [0.2, 0.25) is 11.6 Å². The van der Waals surface area contributed by atoms with Gasteiger partial charge in [-0.05, 0) is 32.4 Å². The molecule has 2 N–H and O–H groups in total. The lowest BCUT2D eigenvalue weighted by Crippen LogP contribution is -2.05. The zero-order valence-electron chi connectivity index (χ0n) is 15.2. The molecule has 0 unspecified atom stereocenters. The molecule has 0 spiro atoms. The topological polar surface area (TPSA) is 119 Å². The first-order valence-electron chi connectivity index (χ1n) is 8.26. The number of hydrogen-bond acceptors (Lipinski definition) is 10. The lowest BCUT2D eigenvalue weighted by molar-refractivity contribution is -0.383. The highest BCUT2D eigenvalue weighted by atomic mass is 32.1. The van der Waals surface area contributed by atoms with Crippen LogP contribution in [0.2, 0.25) is 0 Å². The van der Waals surface area contributed by atoms with Gasteiger partial charge in [0.25, 0.3) is 0 Å². The largest absolute Gasteiger partial charge is 0.354 e. The fraction of sp³-hybridized carbons (Fsp3) is 0.176. The molecular weight excluding hydrogens is 398 g/mol. The second kappa shape index (κ2) is 7.09. The van der Waals surface area contributed by atoms with E-state index in [-0.39, 0.29) is 17.3 Å². The lowest BCUT2D eigenvalue weighted by Gasteiger charge is -2.07. The number of thiazole rings is 2. The molecule has 0 aliphatic heterocycles. The third kappa shape index (κ3) is 3.37. The van der Waals surface area contributed by atoms with E-state index >= 15 is 0 Å². The van der Waals surface area contributed by atoms with Gasteiger partial charge in [0, 0.05) is 4.88 Å². The highest BCUT2D eigenvalue weighted by molar-refractivity contribution is 7.22. The van der Waals surface area contributed by atoms with Gasteiger partial charge >= 0.3 is 5.69 Å². The first-order valence-corrected chi connectivity index (χ1v) is 9.89. The number of anilines is 4. The Balaban J connectivity index is 1.71. The summed E-state index contributed by atoms with van der Waals surface area (Å²) in [4.78, 5) is 29.2. The molecule has 0 aliphatic rings. The number of nitrogens with zero attached hydrogens (tertiary/aromatic N) is 5. The van der Waals surface area contributed by atoms with Gasteiger partial charge in [-0.3, -0.25) is 10.1 Å². The highest BCUT2D eigenvalue weighted by Crippen LogP contribution is 2.36. The summed E-state index contributed by atoms with van der Waals surface area (Å²) in [6.45, 7) is 5.79. The van der Waals surface area contributed by atoms with Crippen molar-refractivity contribution < 1.29 is 4.92 Å². The third-order valence-electron chi connectivity index (χ3n) is 4.10. The van der Waals surface area contributed by atoms with E-state index in [2.05, 4.69) is 30.6 Å². The molecule has 0 aliphatic carbocycles. The van der Waals surface area contributed by atoms with Gasteiger partial charge in [0.15, 0.2) is 10.3 Å². The van der Waals surface area contributed by atoms with Crippen molar-refractivity contribution in [2.45, 2.75) is 20.8 Å². The zero-order valence-corrected chi connectivity index (χ0v) is 16.8. The molecule has 0 bridgehead atoms.